The highest BCUT2D eigenvalue weighted by Crippen LogP contribution is 2.29. The molecule has 21 heavy (non-hydrogen) atoms. The van der Waals surface area contributed by atoms with Gasteiger partial charge >= 0.3 is 0 Å². The summed E-state index contributed by atoms with van der Waals surface area (Å²) in [5, 5.41) is 0. The topological polar surface area (TPSA) is 46.3 Å². The molecule has 0 aromatic heterocycles. The molecule has 2 rings (SSSR count). The molecule has 1 fully saturated rings. The van der Waals surface area contributed by atoms with Crippen LogP contribution in [0.4, 0.5) is 5.69 Å². The summed E-state index contributed by atoms with van der Waals surface area (Å²) in [5.74, 6) is 0.598. The van der Waals surface area contributed by atoms with E-state index in [1.54, 1.807) is 0 Å². The predicted molar refractivity (Wildman–Crippen MR) is 91.4 cm³/mol. The van der Waals surface area contributed by atoms with Crippen LogP contribution in [-0.2, 0) is 0 Å². The lowest BCUT2D eigenvalue weighted by molar-refractivity contribution is 0.0655. The number of carbonyl (C=O) groups excluding carboxylic acids is 1. The molecule has 2 N–H and O–H groups in total. The second-order valence-electron chi connectivity index (χ2n) is 6.46. The summed E-state index contributed by atoms with van der Waals surface area (Å²) in [6.07, 6.45) is 4.71. The van der Waals surface area contributed by atoms with E-state index in [1.807, 2.05) is 19.1 Å². The lowest BCUT2D eigenvalue weighted by Crippen LogP contribution is -2.41. The summed E-state index contributed by atoms with van der Waals surface area (Å²) in [6.45, 7) is 7.07. The van der Waals surface area contributed by atoms with Gasteiger partial charge in [-0.05, 0) is 43.4 Å². The van der Waals surface area contributed by atoms with Gasteiger partial charge in [0.25, 0.3) is 5.91 Å². The average Bonchev–Trinajstić information content (AvgIpc) is 2.93. The van der Waals surface area contributed by atoms with Gasteiger partial charge in [-0.2, -0.15) is 0 Å². The first-order valence-electron chi connectivity index (χ1n) is 7.76. The predicted octanol–water partition coefficient (Wildman–Crippen LogP) is 4.38. The van der Waals surface area contributed by atoms with Gasteiger partial charge in [0.1, 0.15) is 0 Å². The van der Waals surface area contributed by atoms with Crippen molar-refractivity contribution < 1.29 is 4.79 Å². The van der Waals surface area contributed by atoms with Gasteiger partial charge in [0.05, 0.1) is 0 Å². The van der Waals surface area contributed by atoms with Gasteiger partial charge in [-0.25, -0.2) is 0 Å². The van der Waals surface area contributed by atoms with E-state index in [0.29, 0.717) is 17.6 Å². The molecule has 1 aliphatic carbocycles. The first kappa shape index (κ1) is 16.3. The number of rotatable bonds is 4. The second-order valence-corrected chi connectivity index (χ2v) is 7.37. The van der Waals surface area contributed by atoms with Crippen LogP contribution in [-0.4, -0.2) is 23.4 Å². The van der Waals surface area contributed by atoms with E-state index >= 15 is 0 Å². The van der Waals surface area contributed by atoms with Crippen molar-refractivity contribution in [3.63, 3.8) is 0 Å². The lowest BCUT2D eigenvalue weighted by atomic mass is 10.0. The van der Waals surface area contributed by atoms with Crippen molar-refractivity contribution in [3.05, 3.63) is 27.7 Å². The van der Waals surface area contributed by atoms with Crippen LogP contribution in [0, 0.1) is 12.8 Å². The molecule has 0 atom stereocenters. The van der Waals surface area contributed by atoms with Crippen molar-refractivity contribution in [2.75, 3.05) is 12.3 Å². The monoisotopic (exact) mass is 352 g/mol. The summed E-state index contributed by atoms with van der Waals surface area (Å²) in [5.41, 5.74) is 8.30. The van der Waals surface area contributed by atoms with Crippen molar-refractivity contribution in [1.82, 2.24) is 4.90 Å². The highest BCUT2D eigenvalue weighted by Gasteiger charge is 2.29. The van der Waals surface area contributed by atoms with Crippen LogP contribution in [0.2, 0.25) is 0 Å². The van der Waals surface area contributed by atoms with Gasteiger partial charge < -0.3 is 10.6 Å². The van der Waals surface area contributed by atoms with E-state index < -0.39 is 0 Å². The fourth-order valence-corrected chi connectivity index (χ4v) is 3.56. The molecule has 0 heterocycles. The number of nitrogens with zero attached hydrogens (tertiary/aromatic N) is 1. The van der Waals surface area contributed by atoms with Gasteiger partial charge in [0.15, 0.2) is 0 Å². The Kier molecular flexibility index (Phi) is 5.31. The number of hydrogen-bond donors (Lipinski definition) is 1. The van der Waals surface area contributed by atoms with Gasteiger partial charge in [-0.1, -0.05) is 42.6 Å². The maximum absolute atomic E-state index is 13.0. The molecule has 1 aromatic rings. The number of amides is 1. The van der Waals surface area contributed by atoms with E-state index in [4.69, 9.17) is 5.73 Å². The number of benzene rings is 1. The molecule has 116 valence electrons. The molecule has 0 saturated heterocycles. The van der Waals surface area contributed by atoms with Crippen LogP contribution in [0.1, 0.15) is 55.5 Å². The largest absolute Gasteiger partial charge is 0.398 e. The maximum atomic E-state index is 13.0. The Labute approximate surface area is 136 Å². The molecule has 1 saturated carbocycles. The molecule has 0 aliphatic heterocycles. The number of hydrogen-bond acceptors (Lipinski definition) is 2. The Balaban J connectivity index is 2.33. The highest BCUT2D eigenvalue weighted by molar-refractivity contribution is 9.10. The minimum Gasteiger partial charge on any atom is -0.398 e. The minimum atomic E-state index is 0.126. The zero-order valence-electron chi connectivity index (χ0n) is 13.2. The Morgan fingerprint density at radius 3 is 2.57 bits per heavy atom. The Hall–Kier alpha value is -1.03. The third-order valence-corrected chi connectivity index (χ3v) is 4.69. The van der Waals surface area contributed by atoms with Crippen LogP contribution in [0.3, 0.4) is 0 Å². The quantitative estimate of drug-likeness (QED) is 0.817. The minimum absolute atomic E-state index is 0.126. The number of nitrogens with two attached hydrogens (primary N) is 1. The third kappa shape index (κ3) is 3.79. The first-order chi connectivity index (χ1) is 9.90. The zero-order chi connectivity index (χ0) is 15.6. The SMILES string of the molecule is Cc1c(N)cc(Br)cc1C(=O)N(CC(C)C)C1CCCC1. The van der Waals surface area contributed by atoms with Crippen LogP contribution in [0.25, 0.3) is 0 Å². The van der Waals surface area contributed by atoms with E-state index in [2.05, 4.69) is 34.7 Å². The van der Waals surface area contributed by atoms with Crippen molar-refractivity contribution in [2.45, 2.75) is 52.5 Å². The summed E-state index contributed by atoms with van der Waals surface area (Å²) in [7, 11) is 0. The van der Waals surface area contributed by atoms with Crippen molar-refractivity contribution in [2.24, 2.45) is 5.92 Å². The Morgan fingerprint density at radius 2 is 2.00 bits per heavy atom. The van der Waals surface area contributed by atoms with Gasteiger partial charge in [0, 0.05) is 28.3 Å². The van der Waals surface area contributed by atoms with E-state index in [1.165, 1.54) is 12.8 Å². The van der Waals surface area contributed by atoms with Gasteiger partial charge in [-0.3, -0.25) is 4.79 Å². The molecule has 3 nitrogen and oxygen atoms in total. The summed E-state index contributed by atoms with van der Waals surface area (Å²) in [4.78, 5) is 15.1. The van der Waals surface area contributed by atoms with Crippen LogP contribution >= 0.6 is 15.9 Å². The molecule has 1 aliphatic rings. The van der Waals surface area contributed by atoms with Crippen molar-refractivity contribution in [1.29, 1.82) is 0 Å². The van der Waals surface area contributed by atoms with Crippen molar-refractivity contribution in [3.8, 4) is 0 Å². The standard InChI is InChI=1S/C17H25BrN2O/c1-11(2)10-20(14-6-4-5-7-14)17(21)15-8-13(18)9-16(19)12(15)3/h8-9,11,14H,4-7,10,19H2,1-3H3. The maximum Gasteiger partial charge on any atom is 0.254 e. The van der Waals surface area contributed by atoms with Gasteiger partial charge in [-0.15, -0.1) is 0 Å². The Bertz CT molecular complexity index is 522. The fourth-order valence-electron chi connectivity index (χ4n) is 3.08. The highest BCUT2D eigenvalue weighted by atomic mass is 79.9. The molecular weight excluding hydrogens is 328 g/mol. The number of anilines is 1. The summed E-state index contributed by atoms with van der Waals surface area (Å²) >= 11 is 3.45. The first-order valence-corrected chi connectivity index (χ1v) is 8.56. The molecule has 1 amide bonds. The number of carbonyl (C=O) groups is 1. The molecule has 0 unspecified atom stereocenters. The normalized spacial score (nSPS) is 15.7. The van der Waals surface area contributed by atoms with Crippen LogP contribution in [0.5, 0.6) is 0 Å². The average molecular weight is 353 g/mol. The Morgan fingerprint density at radius 1 is 1.38 bits per heavy atom. The molecule has 0 radical (unpaired) electrons. The summed E-state index contributed by atoms with van der Waals surface area (Å²) in [6, 6.07) is 4.14. The van der Waals surface area contributed by atoms with E-state index in [-0.39, 0.29) is 5.91 Å². The molecule has 0 spiro atoms. The fraction of sp³-hybridized carbons (Fsp3) is 0.588. The van der Waals surface area contributed by atoms with E-state index in [0.717, 1.165) is 35.0 Å². The second kappa shape index (κ2) is 6.82. The molecule has 1 aromatic carbocycles. The smallest absolute Gasteiger partial charge is 0.254 e. The third-order valence-electron chi connectivity index (χ3n) is 4.23. The van der Waals surface area contributed by atoms with Crippen molar-refractivity contribution >= 4 is 27.5 Å². The van der Waals surface area contributed by atoms with E-state index in [9.17, 15) is 4.79 Å². The number of nitrogen functional groups attached to an aromatic ring is 1. The molecule has 0 bridgehead atoms. The molecular formula is C17H25BrN2O. The van der Waals surface area contributed by atoms with Crippen LogP contribution in [0.15, 0.2) is 16.6 Å². The molecule has 4 heteroatoms. The number of halogens is 1. The van der Waals surface area contributed by atoms with Crippen LogP contribution < -0.4 is 5.73 Å². The lowest BCUT2D eigenvalue weighted by Gasteiger charge is -2.31. The van der Waals surface area contributed by atoms with Gasteiger partial charge in [0.2, 0.25) is 0 Å². The zero-order valence-corrected chi connectivity index (χ0v) is 14.7. The summed E-state index contributed by atoms with van der Waals surface area (Å²) < 4.78 is 0.866.